The van der Waals surface area contributed by atoms with Crippen molar-refractivity contribution in [3.05, 3.63) is 93.7 Å². The summed E-state index contributed by atoms with van der Waals surface area (Å²) in [7, 11) is 0. The van der Waals surface area contributed by atoms with E-state index in [0.717, 1.165) is 16.6 Å². The fourth-order valence-electron chi connectivity index (χ4n) is 4.14. The Morgan fingerprint density at radius 3 is 2.57 bits per heavy atom. The number of amides is 3. The Morgan fingerprint density at radius 1 is 1.05 bits per heavy atom. The van der Waals surface area contributed by atoms with Gasteiger partial charge in [0.2, 0.25) is 17.7 Å². The van der Waals surface area contributed by atoms with E-state index in [1.165, 1.54) is 24.1 Å². The van der Waals surface area contributed by atoms with Crippen LogP contribution >= 0.6 is 23.2 Å². The number of fused-ring (bicyclic) bond motifs is 1. The number of benzene rings is 2. The minimum Gasteiger partial charge on any atom is -0.487 e. The van der Waals surface area contributed by atoms with Gasteiger partial charge < -0.3 is 20.3 Å². The molecule has 11 heteroatoms. The second-order valence-electron chi connectivity index (χ2n) is 9.28. The summed E-state index contributed by atoms with van der Waals surface area (Å²) in [6.07, 6.45) is 4.37. The van der Waals surface area contributed by atoms with Crippen molar-refractivity contribution in [2.75, 3.05) is 23.3 Å². The number of carbonyl (C=O) groups is 3. The lowest BCUT2D eigenvalue weighted by Crippen LogP contribution is -2.40. The third-order valence-corrected chi connectivity index (χ3v) is 6.98. The fraction of sp³-hybridized carbons (Fsp3) is 0.194. The molecule has 2 aromatic heterocycles. The zero-order chi connectivity index (χ0) is 30.2. The normalized spacial score (nSPS) is 11.0. The predicted octanol–water partition coefficient (Wildman–Crippen LogP) is 5.96. The molecule has 0 saturated heterocycles. The maximum absolute atomic E-state index is 13.1. The van der Waals surface area contributed by atoms with Crippen molar-refractivity contribution in [3.8, 4) is 5.75 Å². The van der Waals surface area contributed by atoms with E-state index >= 15 is 0 Å². The zero-order valence-corrected chi connectivity index (χ0v) is 24.8. The quantitative estimate of drug-likeness (QED) is 0.215. The third kappa shape index (κ3) is 7.63. The lowest BCUT2D eigenvalue weighted by atomic mass is 10.1. The van der Waals surface area contributed by atoms with Gasteiger partial charge in [0.15, 0.2) is 0 Å². The Labute approximate surface area is 253 Å². The second-order valence-corrected chi connectivity index (χ2v) is 10.1. The Kier molecular flexibility index (Phi) is 10.1. The van der Waals surface area contributed by atoms with Crippen molar-refractivity contribution < 1.29 is 19.1 Å². The number of carbonyl (C=O) groups excluding carboxylic acids is 3. The molecule has 216 valence electrons. The molecule has 0 aliphatic heterocycles. The highest BCUT2D eigenvalue weighted by molar-refractivity contribution is 6.38. The molecule has 0 spiro atoms. The lowest BCUT2D eigenvalue weighted by Gasteiger charge is -2.24. The van der Waals surface area contributed by atoms with Gasteiger partial charge in [-0.25, -0.2) is 9.97 Å². The monoisotopic (exact) mass is 605 g/mol. The SMILES string of the molecule is CCN(C(=O)CNC(=O)C=Cc1ccc(NC(C)=O)nc1)c1ccc(Cl)c(COc2cccc3ccc(C)nc23)c1Cl. The molecule has 0 fully saturated rings. The first-order chi connectivity index (χ1) is 20.2. The van der Waals surface area contributed by atoms with Gasteiger partial charge in [0.05, 0.1) is 17.3 Å². The lowest BCUT2D eigenvalue weighted by molar-refractivity contribution is -0.122. The van der Waals surface area contributed by atoms with E-state index in [9.17, 15) is 14.4 Å². The van der Waals surface area contributed by atoms with Crippen LogP contribution in [0.25, 0.3) is 17.0 Å². The van der Waals surface area contributed by atoms with Crippen LogP contribution in [-0.4, -0.2) is 40.8 Å². The number of aryl methyl sites for hydroxylation is 1. The van der Waals surface area contributed by atoms with Gasteiger partial charge in [-0.1, -0.05) is 41.4 Å². The van der Waals surface area contributed by atoms with Crippen molar-refractivity contribution in [2.45, 2.75) is 27.4 Å². The van der Waals surface area contributed by atoms with E-state index in [4.69, 9.17) is 27.9 Å². The molecule has 2 N–H and O–H groups in total. The molecule has 9 nitrogen and oxygen atoms in total. The number of likely N-dealkylation sites (N-methyl/N-ethyl adjacent to an activating group) is 1. The van der Waals surface area contributed by atoms with Gasteiger partial charge in [-0.05, 0) is 61.9 Å². The first-order valence-electron chi connectivity index (χ1n) is 13.1. The van der Waals surface area contributed by atoms with Crippen LogP contribution in [0.2, 0.25) is 10.0 Å². The van der Waals surface area contributed by atoms with Crippen LogP contribution in [0.4, 0.5) is 11.5 Å². The summed E-state index contributed by atoms with van der Waals surface area (Å²) in [5.74, 6) is -0.0436. The number of anilines is 2. The Balaban J connectivity index is 1.41. The van der Waals surface area contributed by atoms with Crippen molar-refractivity contribution in [2.24, 2.45) is 0 Å². The largest absolute Gasteiger partial charge is 0.487 e. The molecule has 0 aliphatic carbocycles. The second kappa shape index (κ2) is 13.9. The van der Waals surface area contributed by atoms with Crippen LogP contribution in [0.3, 0.4) is 0 Å². The summed E-state index contributed by atoms with van der Waals surface area (Å²) in [5.41, 5.74) is 3.23. The van der Waals surface area contributed by atoms with Crippen molar-refractivity contribution in [3.63, 3.8) is 0 Å². The first kappa shape index (κ1) is 30.5. The number of ether oxygens (including phenoxy) is 1. The average molecular weight is 607 g/mol. The van der Waals surface area contributed by atoms with E-state index in [0.29, 0.717) is 39.9 Å². The Hall–Kier alpha value is -4.47. The van der Waals surface area contributed by atoms with Crippen molar-refractivity contribution >= 4 is 69.4 Å². The van der Waals surface area contributed by atoms with Gasteiger partial charge >= 0.3 is 0 Å². The Bertz CT molecular complexity index is 1660. The predicted molar refractivity (Wildman–Crippen MR) is 166 cm³/mol. The van der Waals surface area contributed by atoms with Crippen LogP contribution in [0.5, 0.6) is 5.75 Å². The average Bonchev–Trinajstić information content (AvgIpc) is 2.97. The van der Waals surface area contributed by atoms with Crippen LogP contribution in [-0.2, 0) is 21.0 Å². The molecule has 4 rings (SSSR count). The molecule has 0 saturated carbocycles. The van der Waals surface area contributed by atoms with Gasteiger partial charge in [-0.15, -0.1) is 0 Å². The summed E-state index contributed by atoms with van der Waals surface area (Å²) in [5, 5.41) is 6.79. The molecular weight excluding hydrogens is 577 g/mol. The minimum atomic E-state index is -0.458. The van der Waals surface area contributed by atoms with Crippen LogP contribution in [0, 0.1) is 6.92 Å². The molecule has 0 unspecified atom stereocenters. The number of aromatic nitrogens is 2. The molecule has 0 atom stereocenters. The molecule has 0 bridgehead atoms. The Morgan fingerprint density at radius 2 is 1.86 bits per heavy atom. The highest BCUT2D eigenvalue weighted by Gasteiger charge is 2.21. The highest BCUT2D eigenvalue weighted by Crippen LogP contribution is 2.35. The first-order valence-corrected chi connectivity index (χ1v) is 13.9. The standard InChI is InChI=1S/C31H29Cl2N5O4/c1-4-38(29(41)17-35-28(40)15-10-21-9-14-27(34-16-21)37-20(3)39)25-13-12-24(32)23(30(25)33)18-42-26-7-5-6-22-11-8-19(2)36-31(22)26/h5-16H,4,17-18H2,1-3H3,(H,35,40)(H,34,37,39). The summed E-state index contributed by atoms with van der Waals surface area (Å²) >= 11 is 13.2. The number of nitrogens with one attached hydrogen (secondary N) is 2. The van der Waals surface area contributed by atoms with E-state index in [2.05, 4.69) is 20.6 Å². The molecule has 3 amide bonds. The minimum absolute atomic E-state index is 0.0637. The molecule has 2 aromatic carbocycles. The van der Waals surface area contributed by atoms with Gasteiger partial charge in [0.25, 0.3) is 0 Å². The highest BCUT2D eigenvalue weighted by atomic mass is 35.5. The molecule has 0 aliphatic rings. The number of nitrogens with zero attached hydrogens (tertiary/aromatic N) is 3. The molecule has 42 heavy (non-hydrogen) atoms. The van der Waals surface area contributed by atoms with Gasteiger partial charge in [0.1, 0.15) is 23.7 Å². The third-order valence-electron chi connectivity index (χ3n) is 6.20. The summed E-state index contributed by atoms with van der Waals surface area (Å²) in [6, 6.07) is 16.2. The molecular formula is C31H29Cl2N5O4. The van der Waals surface area contributed by atoms with E-state index in [1.54, 1.807) is 30.3 Å². The number of para-hydroxylation sites is 1. The fourth-order valence-corrected chi connectivity index (χ4v) is 4.72. The van der Waals surface area contributed by atoms with Crippen molar-refractivity contribution in [1.82, 2.24) is 15.3 Å². The van der Waals surface area contributed by atoms with Crippen LogP contribution in [0.1, 0.15) is 30.7 Å². The van der Waals surface area contributed by atoms with E-state index < -0.39 is 5.91 Å². The van der Waals surface area contributed by atoms with Gasteiger partial charge in [-0.2, -0.15) is 0 Å². The molecule has 2 heterocycles. The van der Waals surface area contributed by atoms with Crippen molar-refractivity contribution in [1.29, 1.82) is 0 Å². The van der Waals surface area contributed by atoms with E-state index in [-0.39, 0.29) is 30.0 Å². The van der Waals surface area contributed by atoms with E-state index in [1.807, 2.05) is 44.2 Å². The van der Waals surface area contributed by atoms with Crippen LogP contribution < -0.4 is 20.3 Å². The maximum Gasteiger partial charge on any atom is 0.246 e. The topological polar surface area (TPSA) is 114 Å². The summed E-state index contributed by atoms with van der Waals surface area (Å²) < 4.78 is 6.09. The number of hydrogen-bond acceptors (Lipinski definition) is 6. The molecule has 4 aromatic rings. The zero-order valence-electron chi connectivity index (χ0n) is 23.3. The number of halogens is 2. The van der Waals surface area contributed by atoms with Gasteiger partial charge in [0, 0.05) is 47.4 Å². The van der Waals surface area contributed by atoms with Gasteiger partial charge in [-0.3, -0.25) is 14.4 Å². The molecule has 0 radical (unpaired) electrons. The summed E-state index contributed by atoms with van der Waals surface area (Å²) in [4.78, 5) is 46.7. The number of pyridine rings is 2. The van der Waals surface area contributed by atoms with Crippen LogP contribution in [0.15, 0.2) is 66.9 Å². The summed E-state index contributed by atoms with van der Waals surface area (Å²) in [6.45, 7) is 5.24. The number of hydrogen-bond donors (Lipinski definition) is 2. The number of rotatable bonds is 10. The maximum atomic E-state index is 13.1. The smallest absolute Gasteiger partial charge is 0.246 e.